The van der Waals surface area contributed by atoms with Crippen molar-refractivity contribution in [1.29, 1.82) is 0 Å². The molecule has 1 heterocycles. The van der Waals surface area contributed by atoms with Crippen LogP contribution >= 0.6 is 0 Å². The summed E-state index contributed by atoms with van der Waals surface area (Å²) in [5.74, 6) is 3.72. The number of nitrogens with one attached hydrogen (secondary N) is 1. The molecule has 184 valence electrons. The molecule has 1 aliphatic carbocycles. The van der Waals surface area contributed by atoms with Gasteiger partial charge in [-0.05, 0) is 30.0 Å². The highest BCUT2D eigenvalue weighted by molar-refractivity contribution is 6.00. The van der Waals surface area contributed by atoms with Crippen LogP contribution in [0.1, 0.15) is 52.4 Å². The average Bonchev–Trinajstić information content (AvgIpc) is 3.13. The van der Waals surface area contributed by atoms with Crippen LogP contribution in [0.5, 0.6) is 0 Å². The van der Waals surface area contributed by atoms with Crippen molar-refractivity contribution >= 4 is 17.4 Å². The summed E-state index contributed by atoms with van der Waals surface area (Å²) in [7, 11) is 0. The second kappa shape index (κ2) is 9.85. The van der Waals surface area contributed by atoms with Crippen LogP contribution < -0.4 is 11.1 Å². The van der Waals surface area contributed by atoms with Crippen molar-refractivity contribution < 1.29 is 22.8 Å². The summed E-state index contributed by atoms with van der Waals surface area (Å²) in [6, 6.07) is 4.36. The van der Waals surface area contributed by atoms with E-state index >= 15 is 0 Å². The van der Waals surface area contributed by atoms with Gasteiger partial charge in [-0.3, -0.25) is 14.5 Å². The number of benzene rings is 1. The number of hydrogen-bond acceptors (Lipinski definition) is 5. The first-order chi connectivity index (χ1) is 16.4. The molecule has 0 aliphatic heterocycles. The number of anilines is 1. The van der Waals surface area contributed by atoms with Crippen molar-refractivity contribution in [3.05, 3.63) is 40.7 Å². The Hall–Kier alpha value is -3.76. The number of ketones is 1. The zero-order chi connectivity index (χ0) is 26.0. The quantitative estimate of drug-likeness (QED) is 0.561. The smallest absolute Gasteiger partial charge is 0.383 e. The van der Waals surface area contributed by atoms with E-state index in [1.54, 1.807) is 0 Å². The number of amides is 1. The molecule has 0 bridgehead atoms. The van der Waals surface area contributed by atoms with Crippen LogP contribution in [0.15, 0.2) is 18.2 Å². The number of terminal acetylenes is 2. The minimum Gasteiger partial charge on any atom is -0.383 e. The molecule has 1 aliphatic rings. The summed E-state index contributed by atoms with van der Waals surface area (Å²) in [4.78, 5) is 26.5. The molecule has 0 fully saturated rings. The molecule has 10 heteroatoms. The van der Waals surface area contributed by atoms with Gasteiger partial charge in [0, 0.05) is 25.2 Å². The lowest BCUT2D eigenvalue weighted by Crippen LogP contribution is -2.30. The standard InChI is InChI=1S/C25H26F3N5O2/c1-5-10-32(11-6-2)12-9-30-18-13-16(7-8-17(18)23(29)35)33-19-14-24(3,4)15-20(34)21(19)22(31-33)25(26,27)28/h1-2,7-8,13,30H,9-12,14-15H2,3-4H3,(H2,29,35). The molecule has 0 radical (unpaired) electrons. The minimum absolute atomic E-state index is 0.00595. The van der Waals surface area contributed by atoms with E-state index in [1.165, 1.54) is 18.2 Å². The van der Waals surface area contributed by atoms with Crippen LogP contribution in [0.3, 0.4) is 0 Å². The molecule has 0 saturated heterocycles. The molecule has 1 aromatic carbocycles. The zero-order valence-electron chi connectivity index (χ0n) is 19.5. The largest absolute Gasteiger partial charge is 0.435 e. The lowest BCUT2D eigenvalue weighted by molar-refractivity contribution is -0.141. The molecule has 0 atom stereocenters. The van der Waals surface area contributed by atoms with Gasteiger partial charge in [0.05, 0.1) is 35.6 Å². The SMILES string of the molecule is C#CCN(CC#C)CCNc1cc(-n2nc(C(F)(F)F)c3c2CC(C)(C)CC3=O)ccc1C(N)=O. The fourth-order valence-corrected chi connectivity index (χ4v) is 4.21. The highest BCUT2D eigenvalue weighted by atomic mass is 19.4. The molecule has 1 aromatic heterocycles. The van der Waals surface area contributed by atoms with E-state index in [2.05, 4.69) is 22.3 Å². The Morgan fingerprint density at radius 1 is 1.26 bits per heavy atom. The van der Waals surface area contributed by atoms with Gasteiger partial charge in [-0.15, -0.1) is 12.8 Å². The summed E-state index contributed by atoms with van der Waals surface area (Å²) in [6.45, 7) is 5.09. The van der Waals surface area contributed by atoms with Crippen LogP contribution in [0.25, 0.3) is 5.69 Å². The van der Waals surface area contributed by atoms with Crippen molar-refractivity contribution in [3.8, 4) is 30.4 Å². The van der Waals surface area contributed by atoms with Crippen molar-refractivity contribution in [2.24, 2.45) is 11.1 Å². The Kier molecular flexibility index (Phi) is 7.27. The van der Waals surface area contributed by atoms with Gasteiger partial charge >= 0.3 is 6.18 Å². The predicted octanol–water partition coefficient (Wildman–Crippen LogP) is 3.13. The molecule has 3 rings (SSSR count). The highest BCUT2D eigenvalue weighted by Gasteiger charge is 2.45. The molecule has 1 amide bonds. The van der Waals surface area contributed by atoms with Gasteiger partial charge in [0.1, 0.15) is 0 Å². The maximum Gasteiger partial charge on any atom is 0.435 e. The first-order valence-electron chi connectivity index (χ1n) is 10.9. The fourth-order valence-electron chi connectivity index (χ4n) is 4.21. The third-order valence-electron chi connectivity index (χ3n) is 5.70. The summed E-state index contributed by atoms with van der Waals surface area (Å²) >= 11 is 0. The molecule has 35 heavy (non-hydrogen) atoms. The Labute approximate surface area is 201 Å². The van der Waals surface area contributed by atoms with Gasteiger partial charge in [0.25, 0.3) is 5.91 Å². The number of hydrogen-bond donors (Lipinski definition) is 2. The number of carbonyl (C=O) groups is 2. The number of halogens is 3. The third kappa shape index (κ3) is 5.67. The second-order valence-electron chi connectivity index (χ2n) is 9.16. The first kappa shape index (κ1) is 25.9. The van der Waals surface area contributed by atoms with E-state index in [1.807, 2.05) is 18.7 Å². The Morgan fingerprint density at radius 3 is 2.49 bits per heavy atom. The Morgan fingerprint density at radius 2 is 1.91 bits per heavy atom. The third-order valence-corrected chi connectivity index (χ3v) is 5.70. The zero-order valence-corrected chi connectivity index (χ0v) is 19.5. The van der Waals surface area contributed by atoms with Crippen molar-refractivity contribution in [2.45, 2.75) is 32.9 Å². The maximum absolute atomic E-state index is 13.8. The number of nitrogens with zero attached hydrogens (tertiary/aromatic N) is 3. The normalized spacial score (nSPS) is 14.8. The molecule has 0 spiro atoms. The fraction of sp³-hybridized carbons (Fsp3) is 0.400. The molecule has 2 aromatic rings. The second-order valence-corrected chi connectivity index (χ2v) is 9.16. The number of primary amides is 1. The van der Waals surface area contributed by atoms with Crippen molar-refractivity contribution in [2.75, 3.05) is 31.5 Å². The van der Waals surface area contributed by atoms with Gasteiger partial charge < -0.3 is 11.1 Å². The number of Topliss-reactive ketones (excluding diaryl/α,β-unsaturated/α-hetero) is 1. The van der Waals surface area contributed by atoms with Gasteiger partial charge in [-0.1, -0.05) is 25.7 Å². The van der Waals surface area contributed by atoms with E-state index in [0.29, 0.717) is 31.9 Å². The van der Waals surface area contributed by atoms with Crippen LogP contribution in [0.2, 0.25) is 0 Å². The molecule has 3 N–H and O–H groups in total. The van der Waals surface area contributed by atoms with E-state index in [-0.39, 0.29) is 29.8 Å². The summed E-state index contributed by atoms with van der Waals surface area (Å²) in [5, 5.41) is 6.88. The molecular formula is C25H26F3N5O2. The number of carbonyl (C=O) groups excluding carboxylic acids is 2. The minimum atomic E-state index is -4.79. The van der Waals surface area contributed by atoms with Crippen molar-refractivity contribution in [1.82, 2.24) is 14.7 Å². The average molecular weight is 486 g/mol. The molecule has 0 unspecified atom stereocenters. The van der Waals surface area contributed by atoms with Crippen LogP contribution in [-0.4, -0.2) is 52.5 Å². The van der Waals surface area contributed by atoms with Crippen LogP contribution in [0.4, 0.5) is 18.9 Å². The Balaban J connectivity index is 2.03. The summed E-state index contributed by atoms with van der Waals surface area (Å²) < 4.78 is 42.4. The van der Waals surface area contributed by atoms with Crippen molar-refractivity contribution in [3.63, 3.8) is 0 Å². The maximum atomic E-state index is 13.8. The monoisotopic (exact) mass is 485 g/mol. The number of aromatic nitrogens is 2. The molecule has 0 saturated carbocycles. The predicted molar refractivity (Wildman–Crippen MR) is 126 cm³/mol. The highest BCUT2D eigenvalue weighted by Crippen LogP contribution is 2.42. The Bertz CT molecular complexity index is 1220. The summed E-state index contributed by atoms with van der Waals surface area (Å²) in [5.41, 5.74) is 4.28. The lowest BCUT2D eigenvalue weighted by atomic mass is 9.75. The number of alkyl halides is 3. The van der Waals surface area contributed by atoms with Crippen LogP contribution in [-0.2, 0) is 12.6 Å². The molecular weight excluding hydrogens is 459 g/mol. The van der Waals surface area contributed by atoms with Crippen LogP contribution in [0, 0.1) is 30.1 Å². The van der Waals surface area contributed by atoms with Gasteiger partial charge in [0.2, 0.25) is 0 Å². The lowest BCUT2D eigenvalue weighted by Gasteiger charge is -2.29. The van der Waals surface area contributed by atoms with E-state index in [4.69, 9.17) is 18.6 Å². The van der Waals surface area contributed by atoms with E-state index in [0.717, 1.165) is 4.68 Å². The number of fused-ring (bicyclic) bond motifs is 1. The van der Waals surface area contributed by atoms with E-state index in [9.17, 15) is 22.8 Å². The molecule has 7 nitrogen and oxygen atoms in total. The topological polar surface area (TPSA) is 93.2 Å². The van der Waals surface area contributed by atoms with Gasteiger partial charge in [0.15, 0.2) is 11.5 Å². The number of nitrogens with two attached hydrogens (primary N) is 1. The van der Waals surface area contributed by atoms with Gasteiger partial charge in [-0.25, -0.2) is 4.68 Å². The number of rotatable bonds is 8. The summed E-state index contributed by atoms with van der Waals surface area (Å²) in [6.07, 6.45) is 6.13. The van der Waals surface area contributed by atoms with Gasteiger partial charge in [-0.2, -0.15) is 18.3 Å². The first-order valence-corrected chi connectivity index (χ1v) is 10.9. The van der Waals surface area contributed by atoms with E-state index < -0.39 is 34.5 Å².